The largest absolute Gasteiger partial charge is 0.425 e. The van der Waals surface area contributed by atoms with Gasteiger partial charge in [-0.25, -0.2) is 0 Å². The van der Waals surface area contributed by atoms with E-state index in [4.69, 9.17) is 0 Å². The minimum Gasteiger partial charge on any atom is -0.330 e. The number of ketones is 1. The van der Waals surface area contributed by atoms with Gasteiger partial charge in [0, 0.05) is 17.7 Å². The molecule has 5 nitrogen and oxygen atoms in total. The van der Waals surface area contributed by atoms with Gasteiger partial charge in [-0.05, 0) is 18.4 Å². The Balaban J connectivity index is 2.20. The van der Waals surface area contributed by atoms with Gasteiger partial charge in [0.2, 0.25) is 11.4 Å². The number of alkyl halides is 3. The Morgan fingerprint density at radius 1 is 1.00 bits per heavy atom. The number of nitrogens with zero attached hydrogens (tertiary/aromatic N) is 1. The predicted octanol–water partition coefficient (Wildman–Crippen LogP) is 4.65. The molecule has 1 aliphatic heterocycles. The fourth-order valence-electron chi connectivity index (χ4n) is 3.97. The number of hydrogen-bond acceptors (Lipinski definition) is 3. The Hall–Kier alpha value is -3.42. The van der Waals surface area contributed by atoms with Crippen LogP contribution in [0.25, 0.3) is 0 Å². The lowest BCUT2D eigenvalue weighted by molar-refractivity contribution is -0.193. The zero-order valence-corrected chi connectivity index (χ0v) is 18.6. The molecule has 33 heavy (non-hydrogen) atoms. The van der Waals surface area contributed by atoms with Crippen LogP contribution in [-0.4, -0.2) is 34.2 Å². The molecule has 0 saturated heterocycles. The highest BCUT2D eigenvalue weighted by Crippen LogP contribution is 2.46. The Morgan fingerprint density at radius 3 is 2.06 bits per heavy atom. The van der Waals surface area contributed by atoms with Gasteiger partial charge >= 0.3 is 6.18 Å². The molecular weight excluding hydrogens is 433 g/mol. The van der Waals surface area contributed by atoms with Crippen LogP contribution < -0.4 is 5.32 Å². The van der Waals surface area contributed by atoms with Crippen molar-refractivity contribution in [2.45, 2.75) is 45.5 Å². The molecule has 3 rings (SSSR count). The molecule has 1 atom stereocenters. The van der Waals surface area contributed by atoms with Crippen LogP contribution in [-0.2, 0) is 16.1 Å². The first-order valence-electron chi connectivity index (χ1n) is 10.5. The highest BCUT2D eigenvalue weighted by molar-refractivity contribution is 6.19. The first-order chi connectivity index (χ1) is 15.5. The van der Waals surface area contributed by atoms with Gasteiger partial charge in [-0.3, -0.25) is 14.4 Å². The van der Waals surface area contributed by atoms with Gasteiger partial charge in [0.15, 0.2) is 5.78 Å². The molecule has 0 spiro atoms. The monoisotopic (exact) mass is 458 g/mol. The van der Waals surface area contributed by atoms with Gasteiger partial charge < -0.3 is 10.2 Å². The van der Waals surface area contributed by atoms with E-state index in [2.05, 4.69) is 0 Å². The summed E-state index contributed by atoms with van der Waals surface area (Å²) in [6, 6.07) is 15.9. The maximum Gasteiger partial charge on any atom is 0.425 e. The number of carbonyl (C=O) groups excluding carboxylic acids is 3. The maximum atomic E-state index is 14.7. The van der Waals surface area contributed by atoms with Crippen molar-refractivity contribution in [2.75, 3.05) is 0 Å². The van der Waals surface area contributed by atoms with E-state index in [1.165, 1.54) is 31.2 Å². The number of hydrogen-bond donors (Lipinski definition) is 1. The van der Waals surface area contributed by atoms with E-state index in [0.717, 1.165) is 4.90 Å². The Bertz CT molecular complexity index is 1080. The third kappa shape index (κ3) is 4.55. The molecule has 2 amide bonds. The summed E-state index contributed by atoms with van der Waals surface area (Å²) >= 11 is 0. The highest BCUT2D eigenvalue weighted by Gasteiger charge is 2.70. The number of benzene rings is 2. The molecule has 0 aliphatic carbocycles. The van der Waals surface area contributed by atoms with Crippen LogP contribution in [0.1, 0.15) is 43.1 Å². The van der Waals surface area contributed by atoms with Crippen molar-refractivity contribution < 1.29 is 27.6 Å². The van der Waals surface area contributed by atoms with Gasteiger partial charge in [-0.2, -0.15) is 13.2 Å². The minimum atomic E-state index is -5.25. The molecule has 2 aromatic carbocycles. The summed E-state index contributed by atoms with van der Waals surface area (Å²) < 4.78 is 44.2. The van der Waals surface area contributed by atoms with Crippen LogP contribution in [0.15, 0.2) is 71.9 Å². The fraction of sp³-hybridized carbons (Fsp3) is 0.320. The fourth-order valence-corrected chi connectivity index (χ4v) is 3.97. The van der Waals surface area contributed by atoms with Crippen LogP contribution in [0.2, 0.25) is 0 Å². The molecule has 1 N–H and O–H groups in total. The SMILES string of the molecule is CC1=C(C(=O)c2ccccc2)[C@](NC(=O)CC(C)C)(C(F)(F)F)C(=O)N1Cc1ccccc1. The molecule has 0 unspecified atom stereocenters. The van der Waals surface area contributed by atoms with Crippen molar-refractivity contribution in [1.29, 1.82) is 0 Å². The van der Waals surface area contributed by atoms with Gasteiger partial charge in [-0.15, -0.1) is 0 Å². The van der Waals surface area contributed by atoms with Crippen molar-refractivity contribution >= 4 is 17.6 Å². The lowest BCUT2D eigenvalue weighted by Crippen LogP contribution is -2.66. The molecule has 0 aromatic heterocycles. The lowest BCUT2D eigenvalue weighted by Gasteiger charge is -2.33. The van der Waals surface area contributed by atoms with Crippen molar-refractivity contribution in [3.8, 4) is 0 Å². The minimum absolute atomic E-state index is 0.00653. The second kappa shape index (κ2) is 9.21. The molecular formula is C25H25F3N2O3. The van der Waals surface area contributed by atoms with Crippen molar-refractivity contribution in [2.24, 2.45) is 5.92 Å². The quantitative estimate of drug-likeness (QED) is 0.615. The summed E-state index contributed by atoms with van der Waals surface area (Å²) in [5.41, 5.74) is -3.81. The Labute approximate surface area is 190 Å². The highest BCUT2D eigenvalue weighted by atomic mass is 19.4. The summed E-state index contributed by atoms with van der Waals surface area (Å²) in [6.45, 7) is 4.48. The molecule has 1 heterocycles. The molecule has 174 valence electrons. The predicted molar refractivity (Wildman–Crippen MR) is 117 cm³/mol. The third-order valence-electron chi connectivity index (χ3n) is 5.50. The molecule has 2 aromatic rings. The number of nitrogens with one attached hydrogen (secondary N) is 1. The number of Topliss-reactive ketones (excluding diaryl/α,β-unsaturated/α-hetero) is 1. The number of carbonyl (C=O) groups is 3. The van der Waals surface area contributed by atoms with Gasteiger partial charge in [0.1, 0.15) is 0 Å². The molecule has 0 fully saturated rings. The van der Waals surface area contributed by atoms with E-state index in [1.807, 2.05) is 5.32 Å². The smallest absolute Gasteiger partial charge is 0.330 e. The maximum absolute atomic E-state index is 14.7. The standard InChI is InChI=1S/C25H25F3N2O3/c1-16(2)14-20(31)29-24(25(26,27)28)21(22(32)19-12-8-5-9-13-19)17(3)30(23(24)33)15-18-10-6-4-7-11-18/h4-13,16H,14-15H2,1-3H3,(H,29,31)/t24-/m1/s1. The molecule has 0 bridgehead atoms. The molecule has 1 aliphatic rings. The Kier molecular flexibility index (Phi) is 6.76. The molecule has 8 heteroatoms. The van der Waals surface area contributed by atoms with Gasteiger partial charge in [0.25, 0.3) is 5.91 Å². The number of rotatable bonds is 7. The first kappa shape index (κ1) is 24.2. The number of halogens is 3. The average Bonchev–Trinajstić information content (AvgIpc) is 2.96. The molecule has 0 radical (unpaired) electrons. The summed E-state index contributed by atoms with van der Waals surface area (Å²) in [7, 11) is 0. The van der Waals surface area contributed by atoms with Gasteiger partial charge in [-0.1, -0.05) is 74.5 Å². The van der Waals surface area contributed by atoms with Gasteiger partial charge in [0.05, 0.1) is 12.1 Å². The zero-order valence-electron chi connectivity index (χ0n) is 18.6. The van der Waals surface area contributed by atoms with Crippen molar-refractivity contribution in [3.05, 3.63) is 83.1 Å². The van der Waals surface area contributed by atoms with Crippen LogP contribution in [0.5, 0.6) is 0 Å². The molecule has 0 saturated carbocycles. The third-order valence-corrected chi connectivity index (χ3v) is 5.50. The number of allylic oxidation sites excluding steroid dienone is 1. The average molecular weight is 458 g/mol. The second-order valence-electron chi connectivity index (χ2n) is 8.43. The van der Waals surface area contributed by atoms with Crippen molar-refractivity contribution in [3.63, 3.8) is 0 Å². The van der Waals surface area contributed by atoms with E-state index >= 15 is 0 Å². The Morgan fingerprint density at radius 2 is 1.55 bits per heavy atom. The first-order valence-corrected chi connectivity index (χ1v) is 10.5. The summed E-state index contributed by atoms with van der Waals surface area (Å²) in [5, 5.41) is 1.93. The van der Waals surface area contributed by atoms with E-state index < -0.39 is 34.9 Å². The van der Waals surface area contributed by atoms with E-state index in [-0.39, 0.29) is 30.1 Å². The zero-order chi connectivity index (χ0) is 24.4. The van der Waals surface area contributed by atoms with Crippen LogP contribution in [0.3, 0.4) is 0 Å². The van der Waals surface area contributed by atoms with Crippen LogP contribution >= 0.6 is 0 Å². The van der Waals surface area contributed by atoms with E-state index in [1.54, 1.807) is 50.2 Å². The van der Waals surface area contributed by atoms with Crippen LogP contribution in [0.4, 0.5) is 13.2 Å². The second-order valence-corrected chi connectivity index (χ2v) is 8.43. The number of amides is 2. The van der Waals surface area contributed by atoms with E-state index in [0.29, 0.717) is 5.56 Å². The summed E-state index contributed by atoms with van der Waals surface area (Å²) in [5.74, 6) is -3.55. The van der Waals surface area contributed by atoms with Crippen LogP contribution in [0, 0.1) is 5.92 Å². The van der Waals surface area contributed by atoms with Crippen molar-refractivity contribution in [1.82, 2.24) is 10.2 Å². The lowest BCUT2D eigenvalue weighted by atomic mass is 9.84. The van der Waals surface area contributed by atoms with E-state index in [9.17, 15) is 27.6 Å². The summed E-state index contributed by atoms with van der Waals surface area (Å²) in [4.78, 5) is 40.3. The normalized spacial score (nSPS) is 18.8. The topological polar surface area (TPSA) is 66.5 Å². The summed E-state index contributed by atoms with van der Waals surface area (Å²) in [6.07, 6.45) is -5.47.